The van der Waals surface area contributed by atoms with Gasteiger partial charge in [0, 0.05) is 58.7 Å². The van der Waals surface area contributed by atoms with Crippen molar-refractivity contribution in [3.05, 3.63) is 128 Å². The van der Waals surface area contributed by atoms with E-state index >= 15 is 0 Å². The Hall–Kier alpha value is -5.61. The van der Waals surface area contributed by atoms with Crippen LogP contribution in [-0.4, -0.2) is 69.0 Å². The second-order valence-electron chi connectivity index (χ2n) is 12.8. The van der Waals surface area contributed by atoms with Crippen LogP contribution in [0.25, 0.3) is 28.0 Å². The van der Waals surface area contributed by atoms with Gasteiger partial charge in [0.25, 0.3) is 11.8 Å². The fraction of sp³-hybridized carbons (Fsp3) is 0.243. The number of amides is 2. The predicted octanol–water partition coefficient (Wildman–Crippen LogP) is 5.41. The first-order valence-electron chi connectivity index (χ1n) is 16.6. The molecule has 1 aliphatic heterocycles. The molecule has 0 saturated carbocycles. The van der Waals surface area contributed by atoms with Gasteiger partial charge < -0.3 is 15.3 Å². The molecule has 16 heteroatoms. The van der Waals surface area contributed by atoms with Crippen LogP contribution >= 0.6 is 15.9 Å². The number of aromatic nitrogens is 6. The Balaban J connectivity index is 1.29. The number of rotatable bonds is 8. The van der Waals surface area contributed by atoms with Gasteiger partial charge in [0.05, 0.1) is 30.0 Å². The number of nitrogens with zero attached hydrogens (tertiary/aromatic N) is 7. The van der Waals surface area contributed by atoms with Crippen molar-refractivity contribution in [2.24, 2.45) is 0 Å². The number of aryl methyl sites for hydroxylation is 1. The lowest BCUT2D eigenvalue weighted by Crippen LogP contribution is -2.47. The third-order valence-electron chi connectivity index (χ3n) is 9.22. The van der Waals surface area contributed by atoms with E-state index in [9.17, 15) is 32.7 Å². The molecule has 53 heavy (non-hydrogen) atoms. The summed E-state index contributed by atoms with van der Waals surface area (Å²) in [5.41, 5.74) is 3.13. The van der Waals surface area contributed by atoms with Gasteiger partial charge >= 0.3 is 11.9 Å². The first kappa shape index (κ1) is 35.8. The zero-order chi connectivity index (χ0) is 37.6. The molecule has 3 aromatic carbocycles. The van der Waals surface area contributed by atoms with E-state index in [2.05, 4.69) is 36.3 Å². The maximum absolute atomic E-state index is 14.4. The highest BCUT2D eigenvalue weighted by molar-refractivity contribution is 9.10. The van der Waals surface area contributed by atoms with Crippen LogP contribution in [0.5, 0.6) is 0 Å². The van der Waals surface area contributed by atoms with Gasteiger partial charge in [-0.3, -0.25) is 23.4 Å². The van der Waals surface area contributed by atoms with E-state index in [4.69, 9.17) is 0 Å². The SMILES string of the molecule is Cc1cc(C(=O)N2Cc3c(C(=O)NCc4ccccc4-c4ncccn4)n(-c4ccc5nn(C[C@@H](O)C(F)(F)F)cc5c4)c(=O)n3C[C@@H]2C)ccc1Br. The van der Waals surface area contributed by atoms with Crippen LogP contribution in [0.15, 0.2) is 94.6 Å². The maximum atomic E-state index is 14.4. The van der Waals surface area contributed by atoms with E-state index in [0.717, 1.165) is 20.3 Å². The maximum Gasteiger partial charge on any atom is 0.416 e. The number of fused-ring (bicyclic) bond motifs is 2. The van der Waals surface area contributed by atoms with Gasteiger partial charge in [-0.15, -0.1) is 0 Å². The first-order chi connectivity index (χ1) is 25.3. The van der Waals surface area contributed by atoms with E-state index < -0.39 is 36.5 Å². The Bertz CT molecular complexity index is 2420. The summed E-state index contributed by atoms with van der Waals surface area (Å²) < 4.78 is 43.8. The number of nitrogens with one attached hydrogen (secondary N) is 1. The smallest absolute Gasteiger partial charge is 0.382 e. The Kier molecular flexibility index (Phi) is 9.50. The molecule has 6 aromatic rings. The molecule has 0 spiro atoms. The monoisotopic (exact) mass is 788 g/mol. The van der Waals surface area contributed by atoms with Gasteiger partial charge in [0.2, 0.25) is 0 Å². The van der Waals surface area contributed by atoms with Gasteiger partial charge in [-0.25, -0.2) is 14.8 Å². The van der Waals surface area contributed by atoms with Crippen LogP contribution in [0.4, 0.5) is 13.2 Å². The molecule has 272 valence electrons. The van der Waals surface area contributed by atoms with Crippen LogP contribution in [0.3, 0.4) is 0 Å². The van der Waals surface area contributed by atoms with Gasteiger partial charge in [-0.05, 0) is 67.4 Å². The van der Waals surface area contributed by atoms with Gasteiger partial charge in [0.1, 0.15) is 5.69 Å². The standard InChI is InChI=1S/C37H32BrF3N8O4/c1-21-14-23(8-10-28(21)38)35(52)47-19-30-32(34(51)44-16-24-6-3-4-7-27(24)33-42-12-5-13-43-33)49(36(53)48(30)17-22(47)2)26-9-11-29-25(15-26)18-46(45-29)20-31(50)37(39,40)41/h3-15,18,22,31,50H,16-17,19-20H2,1-2H3,(H,44,51)/t22-,31+/m0/s1. The average Bonchev–Trinajstić information content (AvgIpc) is 3.67. The fourth-order valence-corrected chi connectivity index (χ4v) is 6.72. The third-order valence-corrected chi connectivity index (χ3v) is 10.1. The average molecular weight is 790 g/mol. The Morgan fingerprint density at radius 1 is 1.06 bits per heavy atom. The number of hydrogen-bond acceptors (Lipinski definition) is 7. The van der Waals surface area contributed by atoms with Crippen molar-refractivity contribution in [3.63, 3.8) is 0 Å². The number of benzene rings is 3. The molecule has 1 aliphatic rings. The number of carbonyl (C=O) groups is 2. The van der Waals surface area contributed by atoms with Crippen LogP contribution < -0.4 is 11.0 Å². The minimum absolute atomic E-state index is 0.000589. The van der Waals surface area contributed by atoms with Crippen LogP contribution in [0, 0.1) is 6.92 Å². The van der Waals surface area contributed by atoms with Crippen molar-refractivity contribution in [3.8, 4) is 17.1 Å². The Morgan fingerprint density at radius 3 is 2.55 bits per heavy atom. The lowest BCUT2D eigenvalue weighted by molar-refractivity contribution is -0.207. The topological polar surface area (TPSA) is 140 Å². The van der Waals surface area contributed by atoms with Gasteiger partial charge in [-0.1, -0.05) is 40.2 Å². The number of carbonyl (C=O) groups excluding carboxylic acids is 2. The number of aliphatic hydroxyl groups is 1. The Labute approximate surface area is 308 Å². The van der Waals surface area contributed by atoms with Gasteiger partial charge in [-0.2, -0.15) is 18.3 Å². The van der Waals surface area contributed by atoms with Crippen molar-refractivity contribution >= 4 is 38.6 Å². The highest BCUT2D eigenvalue weighted by Crippen LogP contribution is 2.28. The molecule has 0 unspecified atom stereocenters. The molecule has 0 saturated heterocycles. The first-order valence-corrected chi connectivity index (χ1v) is 17.4. The highest BCUT2D eigenvalue weighted by Gasteiger charge is 2.39. The van der Waals surface area contributed by atoms with Crippen LogP contribution in [0.2, 0.25) is 0 Å². The van der Waals surface area contributed by atoms with Crippen LogP contribution in [0.1, 0.15) is 44.6 Å². The molecule has 2 amide bonds. The number of hydrogen-bond donors (Lipinski definition) is 2. The number of alkyl halides is 3. The van der Waals surface area contributed by atoms with Crippen LogP contribution in [-0.2, 0) is 26.2 Å². The molecule has 4 heterocycles. The normalized spacial score (nSPS) is 15.0. The largest absolute Gasteiger partial charge is 0.416 e. The molecule has 0 aliphatic carbocycles. The van der Waals surface area contributed by atoms with Crippen molar-refractivity contribution < 1.29 is 27.9 Å². The minimum Gasteiger partial charge on any atom is -0.382 e. The van der Waals surface area contributed by atoms with Gasteiger partial charge in [0.15, 0.2) is 11.9 Å². The molecule has 2 atom stereocenters. The summed E-state index contributed by atoms with van der Waals surface area (Å²) in [6.07, 6.45) is -2.89. The van der Waals surface area contributed by atoms with Crippen molar-refractivity contribution in [1.29, 1.82) is 0 Å². The van der Waals surface area contributed by atoms with E-state index in [1.807, 2.05) is 38.1 Å². The van der Waals surface area contributed by atoms with E-state index in [1.54, 1.807) is 53.7 Å². The van der Waals surface area contributed by atoms with E-state index in [0.29, 0.717) is 33.5 Å². The highest BCUT2D eigenvalue weighted by atomic mass is 79.9. The molecule has 0 bridgehead atoms. The molecule has 7 rings (SSSR count). The summed E-state index contributed by atoms with van der Waals surface area (Å²) in [5.74, 6) is -0.388. The summed E-state index contributed by atoms with van der Waals surface area (Å²) in [6.45, 7) is 2.99. The predicted molar refractivity (Wildman–Crippen MR) is 192 cm³/mol. The molecule has 0 fully saturated rings. The lowest BCUT2D eigenvalue weighted by atomic mass is 10.1. The molecular weight excluding hydrogens is 757 g/mol. The minimum atomic E-state index is -4.83. The lowest BCUT2D eigenvalue weighted by Gasteiger charge is -2.34. The summed E-state index contributed by atoms with van der Waals surface area (Å²) in [4.78, 5) is 52.8. The van der Waals surface area contributed by atoms with E-state index in [-0.39, 0.29) is 36.9 Å². The summed E-state index contributed by atoms with van der Waals surface area (Å²) in [6, 6.07) is 18.5. The zero-order valence-electron chi connectivity index (χ0n) is 28.4. The number of aliphatic hydroxyl groups excluding tert-OH is 1. The summed E-state index contributed by atoms with van der Waals surface area (Å²) >= 11 is 3.47. The molecule has 12 nitrogen and oxygen atoms in total. The molecule has 0 radical (unpaired) electrons. The van der Waals surface area contributed by atoms with Crippen molar-refractivity contribution in [2.75, 3.05) is 0 Å². The fourth-order valence-electron chi connectivity index (χ4n) is 6.47. The summed E-state index contributed by atoms with van der Waals surface area (Å²) in [5, 5.41) is 17.1. The molecule has 2 N–H and O–H groups in total. The number of imidazole rings is 1. The Morgan fingerprint density at radius 2 is 1.81 bits per heavy atom. The third kappa shape index (κ3) is 6.99. The quantitative estimate of drug-likeness (QED) is 0.210. The van der Waals surface area contributed by atoms with Crippen molar-refractivity contribution in [1.82, 2.24) is 39.1 Å². The second-order valence-corrected chi connectivity index (χ2v) is 13.7. The van der Waals surface area contributed by atoms with E-state index in [1.165, 1.54) is 21.4 Å². The zero-order valence-corrected chi connectivity index (χ0v) is 30.0. The second kappa shape index (κ2) is 14.1. The summed E-state index contributed by atoms with van der Waals surface area (Å²) in [7, 11) is 0. The molecular formula is C37H32BrF3N8O4. The number of halogens is 4. The molecule has 3 aromatic heterocycles. The van der Waals surface area contributed by atoms with Crippen molar-refractivity contribution in [2.45, 2.75) is 58.3 Å².